The van der Waals surface area contributed by atoms with Gasteiger partial charge in [-0.15, -0.1) is 0 Å². The maximum atomic E-state index is 11.3. The molecule has 5 nitrogen and oxygen atoms in total. The van der Waals surface area contributed by atoms with Crippen LogP contribution in [-0.4, -0.2) is 20.6 Å². The van der Waals surface area contributed by atoms with Gasteiger partial charge in [0.15, 0.2) is 0 Å². The molecule has 5 heteroatoms. The first-order chi connectivity index (χ1) is 13.7. The smallest absolute Gasteiger partial charge is 0.307 e. The first-order valence-electron chi connectivity index (χ1n) is 9.20. The molecule has 2 aromatic heterocycles. The fourth-order valence-corrected chi connectivity index (χ4v) is 3.52. The molecule has 2 aromatic carbocycles. The Labute approximate surface area is 163 Å². The molecule has 0 saturated heterocycles. The third-order valence-electron chi connectivity index (χ3n) is 4.78. The number of hydrogen-bond acceptors (Lipinski definition) is 3. The van der Waals surface area contributed by atoms with Crippen LogP contribution in [0, 0.1) is 0 Å². The van der Waals surface area contributed by atoms with E-state index in [1.54, 1.807) is 6.20 Å². The van der Waals surface area contributed by atoms with E-state index in [2.05, 4.69) is 27.0 Å². The van der Waals surface area contributed by atoms with Gasteiger partial charge in [-0.05, 0) is 28.8 Å². The van der Waals surface area contributed by atoms with Gasteiger partial charge in [0, 0.05) is 36.0 Å². The highest BCUT2D eigenvalue weighted by Gasteiger charge is 2.18. The van der Waals surface area contributed by atoms with Crippen molar-refractivity contribution in [1.82, 2.24) is 14.9 Å². The van der Waals surface area contributed by atoms with Crippen molar-refractivity contribution in [3.8, 4) is 0 Å². The molecule has 1 unspecified atom stereocenters. The van der Waals surface area contributed by atoms with Crippen molar-refractivity contribution >= 4 is 16.9 Å². The number of hydrogen-bond donors (Lipinski definition) is 2. The van der Waals surface area contributed by atoms with E-state index in [9.17, 15) is 9.90 Å². The molecule has 2 heterocycles. The van der Waals surface area contributed by atoms with Crippen LogP contribution in [0.1, 0.15) is 22.9 Å². The number of rotatable bonds is 7. The summed E-state index contributed by atoms with van der Waals surface area (Å²) in [5.74, 6) is -0.831. The minimum absolute atomic E-state index is 0.00235. The van der Waals surface area contributed by atoms with Crippen LogP contribution in [-0.2, 0) is 17.8 Å². The Kier molecular flexibility index (Phi) is 5.17. The maximum absolute atomic E-state index is 11.3. The molecular weight excluding hydrogens is 350 g/mol. The molecule has 2 N–H and O–H groups in total. The van der Waals surface area contributed by atoms with Crippen molar-refractivity contribution < 1.29 is 9.90 Å². The lowest BCUT2D eigenvalue weighted by atomic mass is 10.1. The number of aliphatic carboxylic acids is 1. The number of fused-ring (bicyclic) bond motifs is 1. The summed E-state index contributed by atoms with van der Waals surface area (Å²) in [4.78, 5) is 15.5. The van der Waals surface area contributed by atoms with Gasteiger partial charge in [0.2, 0.25) is 0 Å². The van der Waals surface area contributed by atoms with E-state index < -0.39 is 5.97 Å². The molecule has 28 heavy (non-hydrogen) atoms. The molecule has 0 radical (unpaired) electrons. The summed E-state index contributed by atoms with van der Waals surface area (Å²) >= 11 is 0. The van der Waals surface area contributed by atoms with Crippen LogP contribution in [0.4, 0.5) is 0 Å². The summed E-state index contributed by atoms with van der Waals surface area (Å²) in [6, 6.07) is 22.1. The van der Waals surface area contributed by atoms with Crippen LogP contribution in [0.5, 0.6) is 0 Å². The zero-order valence-corrected chi connectivity index (χ0v) is 15.3. The minimum Gasteiger partial charge on any atom is -0.481 e. The second-order valence-electron chi connectivity index (χ2n) is 6.70. The number of aromatic nitrogens is 2. The van der Waals surface area contributed by atoms with Crippen molar-refractivity contribution in [3.63, 3.8) is 0 Å². The van der Waals surface area contributed by atoms with Gasteiger partial charge in [0.25, 0.3) is 0 Å². The first-order valence-corrected chi connectivity index (χ1v) is 9.20. The average Bonchev–Trinajstić information content (AvgIpc) is 3.08. The van der Waals surface area contributed by atoms with Crippen LogP contribution in [0.3, 0.4) is 0 Å². The van der Waals surface area contributed by atoms with E-state index in [0.717, 1.165) is 27.6 Å². The first kappa shape index (κ1) is 17.9. The number of nitrogens with zero attached hydrogens (tertiary/aromatic N) is 2. The molecule has 140 valence electrons. The van der Waals surface area contributed by atoms with E-state index in [1.165, 1.54) is 0 Å². The summed E-state index contributed by atoms with van der Waals surface area (Å²) in [5.41, 5.74) is 4.01. The largest absolute Gasteiger partial charge is 0.481 e. The highest BCUT2D eigenvalue weighted by molar-refractivity contribution is 5.87. The zero-order valence-electron chi connectivity index (χ0n) is 15.3. The second-order valence-corrected chi connectivity index (χ2v) is 6.70. The summed E-state index contributed by atoms with van der Waals surface area (Å²) in [6.07, 6.45) is 5.42. The monoisotopic (exact) mass is 371 g/mol. The van der Waals surface area contributed by atoms with Crippen LogP contribution in [0.25, 0.3) is 10.9 Å². The van der Waals surface area contributed by atoms with Crippen LogP contribution >= 0.6 is 0 Å². The van der Waals surface area contributed by atoms with Gasteiger partial charge < -0.3 is 9.67 Å². The number of nitrogens with one attached hydrogen (secondary N) is 1. The molecule has 4 rings (SSSR count). The Morgan fingerprint density at radius 3 is 2.57 bits per heavy atom. The van der Waals surface area contributed by atoms with E-state index in [4.69, 9.17) is 0 Å². The standard InChI is InChI=1S/C23H21N3O2/c27-22(28)13-19-16-26(21-11-5-4-10-20(19)21)23(18-8-2-1-3-9-18)25-15-17-7-6-12-24-14-17/h1-12,14,16,23,25H,13,15H2,(H,27,28). The van der Waals surface area contributed by atoms with Gasteiger partial charge in [-0.3, -0.25) is 15.1 Å². The highest BCUT2D eigenvalue weighted by Crippen LogP contribution is 2.27. The molecule has 1 atom stereocenters. The van der Waals surface area contributed by atoms with Crippen LogP contribution in [0.15, 0.2) is 85.3 Å². The number of carboxylic acid groups (broad SMARTS) is 1. The molecule has 0 saturated carbocycles. The van der Waals surface area contributed by atoms with Gasteiger partial charge >= 0.3 is 5.97 Å². The Balaban J connectivity index is 1.77. The number of pyridine rings is 1. The van der Waals surface area contributed by atoms with Crippen molar-refractivity contribution in [2.45, 2.75) is 19.1 Å². The quantitative estimate of drug-likeness (QED) is 0.515. The molecule has 0 spiro atoms. The van der Waals surface area contributed by atoms with E-state index in [0.29, 0.717) is 6.54 Å². The average molecular weight is 371 g/mol. The Morgan fingerprint density at radius 1 is 1.04 bits per heavy atom. The van der Waals surface area contributed by atoms with Crippen molar-refractivity contribution in [1.29, 1.82) is 0 Å². The SMILES string of the molecule is O=C(O)Cc1cn(C(NCc2cccnc2)c2ccccc2)c2ccccc12. The Bertz CT molecular complexity index is 1070. The third kappa shape index (κ3) is 3.80. The molecular formula is C23H21N3O2. The molecule has 0 amide bonds. The maximum Gasteiger partial charge on any atom is 0.307 e. The summed E-state index contributed by atoms with van der Waals surface area (Å²) in [5, 5.41) is 13.9. The van der Waals surface area contributed by atoms with Crippen molar-refractivity contribution in [2.75, 3.05) is 0 Å². The molecule has 0 fully saturated rings. The predicted molar refractivity (Wildman–Crippen MR) is 109 cm³/mol. The number of para-hydroxylation sites is 1. The molecule has 0 bridgehead atoms. The van der Waals surface area contributed by atoms with Crippen molar-refractivity contribution in [2.24, 2.45) is 0 Å². The zero-order chi connectivity index (χ0) is 19.3. The number of carbonyl (C=O) groups is 1. The lowest BCUT2D eigenvalue weighted by Crippen LogP contribution is -2.27. The second kappa shape index (κ2) is 8.06. The minimum atomic E-state index is -0.831. The molecule has 0 aliphatic rings. The fraction of sp³-hybridized carbons (Fsp3) is 0.130. The van der Waals surface area contributed by atoms with Crippen LogP contribution < -0.4 is 5.32 Å². The van der Waals surface area contributed by atoms with Gasteiger partial charge in [-0.1, -0.05) is 54.6 Å². The summed E-state index contributed by atoms with van der Waals surface area (Å²) in [7, 11) is 0. The van der Waals surface area contributed by atoms with Gasteiger partial charge in [0.05, 0.1) is 6.42 Å². The third-order valence-corrected chi connectivity index (χ3v) is 4.78. The highest BCUT2D eigenvalue weighted by atomic mass is 16.4. The molecule has 4 aromatic rings. The lowest BCUT2D eigenvalue weighted by molar-refractivity contribution is -0.136. The van der Waals surface area contributed by atoms with E-state index in [1.807, 2.05) is 67.0 Å². The topological polar surface area (TPSA) is 67.2 Å². The fourth-order valence-electron chi connectivity index (χ4n) is 3.52. The number of benzene rings is 2. The summed E-state index contributed by atoms with van der Waals surface area (Å²) < 4.78 is 2.12. The lowest BCUT2D eigenvalue weighted by Gasteiger charge is -2.22. The normalized spacial score (nSPS) is 12.1. The predicted octanol–water partition coefficient (Wildman–Crippen LogP) is 4.00. The van der Waals surface area contributed by atoms with E-state index >= 15 is 0 Å². The molecule has 0 aliphatic carbocycles. The Hall–Kier alpha value is -3.44. The number of carboxylic acids is 1. The van der Waals surface area contributed by atoms with Crippen LogP contribution in [0.2, 0.25) is 0 Å². The van der Waals surface area contributed by atoms with Gasteiger partial charge in [-0.25, -0.2) is 0 Å². The Morgan fingerprint density at radius 2 is 1.82 bits per heavy atom. The molecule has 0 aliphatic heterocycles. The van der Waals surface area contributed by atoms with Gasteiger partial charge in [-0.2, -0.15) is 0 Å². The van der Waals surface area contributed by atoms with Crippen molar-refractivity contribution in [3.05, 3.63) is 102 Å². The summed E-state index contributed by atoms with van der Waals surface area (Å²) in [6.45, 7) is 0.647. The van der Waals surface area contributed by atoms with E-state index in [-0.39, 0.29) is 12.6 Å². The van der Waals surface area contributed by atoms with Gasteiger partial charge in [0.1, 0.15) is 6.17 Å².